The molecular weight excluding hydrogens is 477 g/mol. The first-order valence-corrected chi connectivity index (χ1v) is 9.77. The molecule has 0 spiro atoms. The Morgan fingerprint density at radius 1 is 1.11 bits per heavy atom. The molecule has 0 radical (unpaired) electrons. The Morgan fingerprint density at radius 3 is 2.41 bits per heavy atom. The van der Waals surface area contributed by atoms with Gasteiger partial charge in [0.1, 0.15) is 0 Å². The number of nitrogens with one attached hydrogen (secondary N) is 2. The topological polar surface area (TPSA) is 52.1 Å². The van der Waals surface area contributed by atoms with Crippen LogP contribution in [-0.4, -0.2) is 77.4 Å². The molecule has 154 valence electrons. The number of nitrogens with zero attached hydrogens (tertiary/aromatic N) is 3. The van der Waals surface area contributed by atoms with E-state index in [1.807, 2.05) is 12.1 Å². The van der Waals surface area contributed by atoms with E-state index in [-0.39, 0.29) is 24.0 Å². The third-order valence-corrected chi connectivity index (χ3v) is 4.87. The lowest BCUT2D eigenvalue weighted by atomic mass is 10.2. The predicted octanol–water partition coefficient (Wildman–Crippen LogP) is 2.67. The van der Waals surface area contributed by atoms with Crippen molar-refractivity contribution in [1.29, 1.82) is 0 Å². The highest BCUT2D eigenvalue weighted by Gasteiger charge is 2.18. The summed E-state index contributed by atoms with van der Waals surface area (Å²) in [6, 6.07) is 8.10. The number of hydrogen-bond donors (Lipinski definition) is 2. The first-order valence-electron chi connectivity index (χ1n) is 9.40. The van der Waals surface area contributed by atoms with Gasteiger partial charge in [-0.2, -0.15) is 0 Å². The summed E-state index contributed by atoms with van der Waals surface area (Å²) in [5.74, 6) is 0.865. The molecule has 1 aliphatic rings. The second-order valence-electron chi connectivity index (χ2n) is 6.41. The number of benzene rings is 1. The van der Waals surface area contributed by atoms with Crippen molar-refractivity contribution < 1.29 is 4.74 Å². The second kappa shape index (κ2) is 14.3. The van der Waals surface area contributed by atoms with Gasteiger partial charge in [-0.05, 0) is 31.5 Å². The molecule has 0 atom stereocenters. The van der Waals surface area contributed by atoms with Crippen LogP contribution in [0, 0.1) is 0 Å². The van der Waals surface area contributed by atoms with E-state index < -0.39 is 0 Å². The summed E-state index contributed by atoms with van der Waals surface area (Å²) >= 11 is 6.31. The van der Waals surface area contributed by atoms with Gasteiger partial charge >= 0.3 is 0 Å². The molecule has 1 heterocycles. The van der Waals surface area contributed by atoms with E-state index in [2.05, 4.69) is 37.6 Å². The van der Waals surface area contributed by atoms with E-state index in [1.54, 1.807) is 14.2 Å². The van der Waals surface area contributed by atoms with E-state index in [1.165, 1.54) is 0 Å². The highest BCUT2D eigenvalue weighted by atomic mass is 127. The standard InChI is InChI=1S/C19H32ClN5O.HI/c1-21-19(23-10-6-16-26-2)22-9-5-11-24-12-14-25(15-13-24)18-8-4-3-7-17(18)20;/h3-4,7-8H,5-6,9-16H2,1-2H3,(H2,21,22,23);1H. The Labute approximate surface area is 185 Å². The number of aliphatic imine (C=N–C) groups is 1. The SMILES string of the molecule is CN=C(NCCCOC)NCCCN1CCN(c2ccccc2Cl)CC1.I. The molecule has 0 saturated carbocycles. The van der Waals surface area contributed by atoms with Crippen molar-refractivity contribution in [3.05, 3.63) is 29.3 Å². The normalized spacial score (nSPS) is 15.4. The fourth-order valence-corrected chi connectivity index (χ4v) is 3.33. The summed E-state index contributed by atoms with van der Waals surface area (Å²) in [5.41, 5.74) is 1.15. The van der Waals surface area contributed by atoms with Crippen molar-refractivity contribution in [2.75, 3.05) is 71.5 Å². The number of piperazine rings is 1. The molecule has 0 unspecified atom stereocenters. The maximum Gasteiger partial charge on any atom is 0.190 e. The van der Waals surface area contributed by atoms with Gasteiger partial charge < -0.3 is 20.3 Å². The van der Waals surface area contributed by atoms with Crippen LogP contribution in [0.4, 0.5) is 5.69 Å². The summed E-state index contributed by atoms with van der Waals surface area (Å²) in [6.45, 7) is 7.88. The Morgan fingerprint density at radius 2 is 1.78 bits per heavy atom. The largest absolute Gasteiger partial charge is 0.385 e. The minimum atomic E-state index is 0. The summed E-state index contributed by atoms with van der Waals surface area (Å²) < 4.78 is 5.05. The number of hydrogen-bond acceptors (Lipinski definition) is 4. The summed E-state index contributed by atoms with van der Waals surface area (Å²) in [5, 5.41) is 7.51. The smallest absolute Gasteiger partial charge is 0.190 e. The third kappa shape index (κ3) is 8.85. The molecule has 2 N–H and O–H groups in total. The molecule has 0 aromatic heterocycles. The lowest BCUT2D eigenvalue weighted by Crippen LogP contribution is -2.47. The van der Waals surface area contributed by atoms with Crippen LogP contribution in [0.15, 0.2) is 29.3 Å². The molecule has 27 heavy (non-hydrogen) atoms. The van der Waals surface area contributed by atoms with E-state index in [4.69, 9.17) is 16.3 Å². The number of ether oxygens (including phenoxy) is 1. The Kier molecular flexibility index (Phi) is 12.8. The summed E-state index contributed by atoms with van der Waals surface area (Å²) in [7, 11) is 3.53. The molecule has 2 rings (SSSR count). The van der Waals surface area contributed by atoms with Crippen LogP contribution in [-0.2, 0) is 4.74 Å². The van der Waals surface area contributed by atoms with Crippen molar-refractivity contribution in [2.45, 2.75) is 12.8 Å². The molecule has 1 saturated heterocycles. The van der Waals surface area contributed by atoms with Crippen LogP contribution >= 0.6 is 35.6 Å². The van der Waals surface area contributed by atoms with Crippen LogP contribution in [0.25, 0.3) is 0 Å². The van der Waals surface area contributed by atoms with Gasteiger partial charge in [-0.3, -0.25) is 9.89 Å². The Balaban J connectivity index is 0.00000364. The molecule has 6 nitrogen and oxygen atoms in total. The van der Waals surface area contributed by atoms with Gasteiger partial charge in [-0.25, -0.2) is 0 Å². The average Bonchev–Trinajstić information content (AvgIpc) is 2.68. The van der Waals surface area contributed by atoms with Gasteiger partial charge in [0.15, 0.2) is 5.96 Å². The molecule has 0 amide bonds. The quantitative estimate of drug-likeness (QED) is 0.232. The van der Waals surface area contributed by atoms with Gasteiger partial charge in [0.25, 0.3) is 0 Å². The number of guanidine groups is 1. The molecule has 0 aliphatic carbocycles. The summed E-state index contributed by atoms with van der Waals surface area (Å²) in [4.78, 5) is 9.14. The molecule has 1 aromatic carbocycles. The molecule has 8 heteroatoms. The van der Waals surface area contributed by atoms with Gasteiger partial charge in [-0.15, -0.1) is 24.0 Å². The first kappa shape index (κ1) is 24.3. The van der Waals surface area contributed by atoms with Crippen LogP contribution in [0.2, 0.25) is 5.02 Å². The number of anilines is 1. The average molecular weight is 510 g/mol. The van der Waals surface area contributed by atoms with Crippen LogP contribution in [0.3, 0.4) is 0 Å². The van der Waals surface area contributed by atoms with Crippen LogP contribution in [0.5, 0.6) is 0 Å². The van der Waals surface area contributed by atoms with Crippen molar-refractivity contribution in [3.8, 4) is 0 Å². The van der Waals surface area contributed by atoms with Crippen LogP contribution < -0.4 is 15.5 Å². The molecular formula is C19H33ClIN5O. The molecule has 1 fully saturated rings. The lowest BCUT2D eigenvalue weighted by molar-refractivity contribution is 0.195. The van der Waals surface area contributed by atoms with Crippen molar-refractivity contribution in [2.24, 2.45) is 4.99 Å². The Hall–Kier alpha value is -0.770. The maximum atomic E-state index is 6.31. The van der Waals surface area contributed by atoms with Gasteiger partial charge in [0.2, 0.25) is 0 Å². The number of methoxy groups -OCH3 is 1. The highest BCUT2D eigenvalue weighted by Crippen LogP contribution is 2.25. The second-order valence-corrected chi connectivity index (χ2v) is 6.81. The minimum absolute atomic E-state index is 0. The zero-order valence-electron chi connectivity index (χ0n) is 16.4. The van der Waals surface area contributed by atoms with E-state index in [0.29, 0.717) is 0 Å². The minimum Gasteiger partial charge on any atom is -0.385 e. The first-order chi connectivity index (χ1) is 12.7. The fourth-order valence-electron chi connectivity index (χ4n) is 3.07. The molecule has 0 bridgehead atoms. The summed E-state index contributed by atoms with van der Waals surface area (Å²) in [6.07, 6.45) is 2.08. The monoisotopic (exact) mass is 509 g/mol. The predicted molar refractivity (Wildman–Crippen MR) is 126 cm³/mol. The van der Waals surface area contributed by atoms with E-state index in [9.17, 15) is 0 Å². The van der Waals surface area contributed by atoms with Gasteiger partial charge in [0.05, 0.1) is 10.7 Å². The highest BCUT2D eigenvalue weighted by molar-refractivity contribution is 14.0. The van der Waals surface area contributed by atoms with Gasteiger partial charge in [-0.1, -0.05) is 23.7 Å². The maximum absolute atomic E-state index is 6.31. The van der Waals surface area contributed by atoms with Crippen molar-refractivity contribution in [3.63, 3.8) is 0 Å². The molecule has 1 aromatic rings. The third-order valence-electron chi connectivity index (χ3n) is 4.55. The number of rotatable bonds is 9. The van der Waals surface area contributed by atoms with Gasteiger partial charge in [0, 0.05) is 60.0 Å². The molecule has 1 aliphatic heterocycles. The van der Waals surface area contributed by atoms with Crippen molar-refractivity contribution >= 4 is 47.2 Å². The van der Waals surface area contributed by atoms with E-state index in [0.717, 1.165) is 81.9 Å². The number of halogens is 2. The zero-order chi connectivity index (χ0) is 18.6. The fraction of sp³-hybridized carbons (Fsp3) is 0.632. The van der Waals surface area contributed by atoms with Crippen molar-refractivity contribution in [1.82, 2.24) is 15.5 Å². The van der Waals surface area contributed by atoms with Crippen LogP contribution in [0.1, 0.15) is 12.8 Å². The lowest BCUT2D eigenvalue weighted by Gasteiger charge is -2.36. The number of para-hydroxylation sites is 1. The van der Waals surface area contributed by atoms with E-state index >= 15 is 0 Å². The zero-order valence-corrected chi connectivity index (χ0v) is 19.5. The Bertz CT molecular complexity index is 553.